The van der Waals surface area contributed by atoms with Gasteiger partial charge in [0.15, 0.2) is 0 Å². The van der Waals surface area contributed by atoms with Crippen LogP contribution in [-0.4, -0.2) is 6.54 Å². The Morgan fingerprint density at radius 2 is 1.94 bits per heavy atom. The minimum Gasteiger partial charge on any atom is -0.399 e. The van der Waals surface area contributed by atoms with E-state index >= 15 is 0 Å². The van der Waals surface area contributed by atoms with E-state index in [0.717, 1.165) is 18.7 Å². The van der Waals surface area contributed by atoms with Crippen molar-refractivity contribution in [3.63, 3.8) is 0 Å². The Kier molecular flexibility index (Phi) is 4.19. The molecule has 1 aromatic carbocycles. The molecule has 0 spiro atoms. The molecule has 1 aliphatic rings. The molecule has 0 bridgehead atoms. The molecule has 3 N–H and O–H groups in total. The third-order valence-electron chi connectivity index (χ3n) is 2.95. The Balaban J connectivity index is 1.94. The minimum atomic E-state index is 0.579. The summed E-state index contributed by atoms with van der Waals surface area (Å²) in [7, 11) is 0. The molecule has 1 aliphatic carbocycles. The number of hydrogen-bond donors (Lipinski definition) is 2. The average molecular weight is 271 g/mol. The third-order valence-corrected chi connectivity index (χ3v) is 3.54. The maximum absolute atomic E-state index is 6.09. The lowest BCUT2D eigenvalue weighted by atomic mass is 10.1. The van der Waals surface area contributed by atoms with Gasteiger partial charge in [-0.15, -0.1) is 0 Å². The van der Waals surface area contributed by atoms with E-state index in [1.807, 2.05) is 0 Å². The summed E-state index contributed by atoms with van der Waals surface area (Å²) in [5, 5.41) is 4.43. The van der Waals surface area contributed by atoms with Crippen LogP contribution in [0, 0.1) is 0 Å². The predicted octanol–water partition coefficient (Wildman–Crippen LogP) is 4.49. The van der Waals surface area contributed by atoms with Gasteiger partial charge >= 0.3 is 0 Å². The quantitative estimate of drug-likeness (QED) is 0.625. The minimum absolute atomic E-state index is 0.579. The van der Waals surface area contributed by atoms with E-state index in [1.54, 1.807) is 12.1 Å². The number of nitrogen functional groups attached to an aromatic ring is 1. The van der Waals surface area contributed by atoms with E-state index in [1.165, 1.54) is 24.8 Å². The summed E-state index contributed by atoms with van der Waals surface area (Å²) in [4.78, 5) is 0. The van der Waals surface area contributed by atoms with Gasteiger partial charge in [0, 0.05) is 12.2 Å². The molecule has 0 unspecified atom stereocenters. The SMILES string of the molecule is Nc1cc(Cl)c(NCCC2=CCCC2)c(Cl)c1. The molecule has 4 heteroatoms. The monoisotopic (exact) mass is 270 g/mol. The molecule has 0 amide bonds. The van der Waals surface area contributed by atoms with Gasteiger partial charge in [0.1, 0.15) is 0 Å². The fraction of sp³-hybridized carbons (Fsp3) is 0.385. The number of anilines is 2. The zero-order valence-corrected chi connectivity index (χ0v) is 11.1. The summed E-state index contributed by atoms with van der Waals surface area (Å²) in [5.41, 5.74) is 8.54. The van der Waals surface area contributed by atoms with Crippen molar-refractivity contribution in [2.75, 3.05) is 17.6 Å². The zero-order chi connectivity index (χ0) is 12.3. The van der Waals surface area contributed by atoms with Crippen molar-refractivity contribution >= 4 is 34.6 Å². The van der Waals surface area contributed by atoms with Crippen LogP contribution in [-0.2, 0) is 0 Å². The van der Waals surface area contributed by atoms with Gasteiger partial charge in [-0.25, -0.2) is 0 Å². The van der Waals surface area contributed by atoms with Crippen molar-refractivity contribution in [2.24, 2.45) is 0 Å². The molecule has 0 saturated heterocycles. The van der Waals surface area contributed by atoms with Crippen molar-refractivity contribution < 1.29 is 0 Å². The third kappa shape index (κ3) is 3.30. The van der Waals surface area contributed by atoms with Gasteiger partial charge in [0.05, 0.1) is 15.7 Å². The van der Waals surface area contributed by atoms with Crippen molar-refractivity contribution in [3.8, 4) is 0 Å². The first-order chi connectivity index (χ1) is 8.16. The van der Waals surface area contributed by atoms with Gasteiger partial charge in [-0.1, -0.05) is 34.9 Å². The first-order valence-corrected chi connectivity index (χ1v) is 6.58. The fourth-order valence-electron chi connectivity index (χ4n) is 2.07. The summed E-state index contributed by atoms with van der Waals surface area (Å²) in [6, 6.07) is 3.43. The Morgan fingerprint density at radius 3 is 2.53 bits per heavy atom. The Hall–Kier alpha value is -0.860. The molecule has 0 radical (unpaired) electrons. The normalized spacial score (nSPS) is 14.8. The Bertz CT molecular complexity index is 418. The smallest absolute Gasteiger partial charge is 0.0720 e. The van der Waals surface area contributed by atoms with Gasteiger partial charge in [0.2, 0.25) is 0 Å². The van der Waals surface area contributed by atoms with E-state index in [-0.39, 0.29) is 0 Å². The standard InChI is InChI=1S/C13H16Cl2N2/c14-11-7-10(16)8-12(15)13(11)17-6-5-9-3-1-2-4-9/h3,7-8,17H,1-2,4-6,16H2. The van der Waals surface area contributed by atoms with Crippen molar-refractivity contribution in [2.45, 2.75) is 25.7 Å². The first-order valence-electron chi connectivity index (χ1n) is 5.83. The van der Waals surface area contributed by atoms with Crippen molar-refractivity contribution in [1.82, 2.24) is 0 Å². The van der Waals surface area contributed by atoms with Crippen LogP contribution < -0.4 is 11.1 Å². The van der Waals surface area contributed by atoms with E-state index in [2.05, 4.69) is 11.4 Å². The summed E-state index contributed by atoms with van der Waals surface area (Å²) >= 11 is 12.2. The molecule has 1 aromatic rings. The number of nitrogens with two attached hydrogens (primary N) is 1. The Labute approximate surface area is 112 Å². The number of nitrogens with one attached hydrogen (secondary N) is 1. The van der Waals surface area contributed by atoms with E-state index < -0.39 is 0 Å². The van der Waals surface area contributed by atoms with E-state index in [0.29, 0.717) is 15.7 Å². The summed E-state index contributed by atoms with van der Waals surface area (Å²) in [5.74, 6) is 0. The van der Waals surface area contributed by atoms with Crippen LogP contribution in [0.1, 0.15) is 25.7 Å². The van der Waals surface area contributed by atoms with Crippen molar-refractivity contribution in [1.29, 1.82) is 0 Å². The van der Waals surface area contributed by atoms with Crippen molar-refractivity contribution in [3.05, 3.63) is 33.8 Å². The summed E-state index contributed by atoms with van der Waals surface area (Å²) < 4.78 is 0. The molecule has 2 nitrogen and oxygen atoms in total. The van der Waals surface area contributed by atoms with Gasteiger partial charge < -0.3 is 11.1 Å². The number of hydrogen-bond acceptors (Lipinski definition) is 2. The number of halogens is 2. The van der Waals surface area contributed by atoms with Gasteiger partial charge in [-0.05, 0) is 37.8 Å². The number of allylic oxidation sites excluding steroid dienone is 1. The number of rotatable bonds is 4. The van der Waals surface area contributed by atoms with E-state index in [9.17, 15) is 0 Å². The molecule has 0 atom stereocenters. The van der Waals surface area contributed by atoms with Crippen LogP contribution in [0.5, 0.6) is 0 Å². The van der Waals surface area contributed by atoms with Gasteiger partial charge in [-0.2, -0.15) is 0 Å². The topological polar surface area (TPSA) is 38.0 Å². The van der Waals surface area contributed by atoms with Crippen LogP contribution >= 0.6 is 23.2 Å². The molecule has 0 heterocycles. The predicted molar refractivity (Wildman–Crippen MR) is 75.9 cm³/mol. The first kappa shape index (κ1) is 12.6. The second-order valence-electron chi connectivity index (χ2n) is 4.29. The fourth-order valence-corrected chi connectivity index (χ4v) is 2.71. The van der Waals surface area contributed by atoms with Crippen LogP contribution in [0.25, 0.3) is 0 Å². The highest BCUT2D eigenvalue weighted by molar-refractivity contribution is 6.39. The molecule has 17 heavy (non-hydrogen) atoms. The lowest BCUT2D eigenvalue weighted by Gasteiger charge is -2.11. The van der Waals surface area contributed by atoms with Crippen LogP contribution in [0.2, 0.25) is 10.0 Å². The second kappa shape index (κ2) is 5.65. The zero-order valence-electron chi connectivity index (χ0n) is 9.60. The molecule has 2 rings (SSSR count). The summed E-state index contributed by atoms with van der Waals surface area (Å²) in [6.07, 6.45) is 7.12. The molecule has 92 valence electrons. The highest BCUT2D eigenvalue weighted by Gasteiger charge is 2.08. The maximum atomic E-state index is 6.09. The number of benzene rings is 1. The lowest BCUT2D eigenvalue weighted by Crippen LogP contribution is -2.04. The Morgan fingerprint density at radius 1 is 1.24 bits per heavy atom. The van der Waals surface area contributed by atoms with Crippen LogP contribution in [0.4, 0.5) is 11.4 Å². The second-order valence-corrected chi connectivity index (χ2v) is 5.11. The molecule has 0 fully saturated rings. The molecule has 0 aliphatic heterocycles. The molecule has 0 saturated carbocycles. The van der Waals surface area contributed by atoms with Gasteiger partial charge in [0.25, 0.3) is 0 Å². The van der Waals surface area contributed by atoms with E-state index in [4.69, 9.17) is 28.9 Å². The highest BCUT2D eigenvalue weighted by atomic mass is 35.5. The maximum Gasteiger partial charge on any atom is 0.0720 e. The van der Waals surface area contributed by atoms with Crippen LogP contribution in [0.3, 0.4) is 0 Å². The average Bonchev–Trinajstić information content (AvgIpc) is 2.74. The van der Waals surface area contributed by atoms with Gasteiger partial charge in [-0.3, -0.25) is 0 Å². The largest absolute Gasteiger partial charge is 0.399 e. The molecule has 0 aromatic heterocycles. The lowest BCUT2D eigenvalue weighted by molar-refractivity contribution is 0.863. The highest BCUT2D eigenvalue weighted by Crippen LogP contribution is 2.33. The summed E-state index contributed by atoms with van der Waals surface area (Å²) in [6.45, 7) is 0.856. The molecular weight excluding hydrogens is 255 g/mol. The molecular formula is C13H16Cl2N2. The van der Waals surface area contributed by atoms with Crippen LogP contribution in [0.15, 0.2) is 23.8 Å².